The van der Waals surface area contributed by atoms with E-state index in [-0.39, 0.29) is 43.3 Å². The van der Waals surface area contributed by atoms with Crippen molar-refractivity contribution < 1.29 is 18.8 Å². The standard InChI is InChI=1S/C13H14FN3O3/c14-9-2-1-8(15)7-10(9)16-11(18)5-6-17-12(19)3-4-13(17)20/h1-2,7H,3-6,15H2,(H,16,18). The Morgan fingerprint density at radius 3 is 2.60 bits per heavy atom. The van der Waals surface area contributed by atoms with Gasteiger partial charge in [0.2, 0.25) is 17.7 Å². The zero-order valence-electron chi connectivity index (χ0n) is 10.7. The van der Waals surface area contributed by atoms with Crippen LogP contribution in [-0.4, -0.2) is 29.2 Å². The number of rotatable bonds is 4. The van der Waals surface area contributed by atoms with Gasteiger partial charge in [0.15, 0.2) is 0 Å². The molecular weight excluding hydrogens is 265 g/mol. The van der Waals surface area contributed by atoms with Gasteiger partial charge >= 0.3 is 0 Å². The first-order valence-electron chi connectivity index (χ1n) is 6.15. The van der Waals surface area contributed by atoms with Crippen molar-refractivity contribution >= 4 is 29.1 Å². The highest BCUT2D eigenvalue weighted by Crippen LogP contribution is 2.18. The number of benzene rings is 1. The molecule has 1 saturated heterocycles. The summed E-state index contributed by atoms with van der Waals surface area (Å²) in [6.45, 7) is 0.00738. The Balaban J connectivity index is 1.91. The second-order valence-electron chi connectivity index (χ2n) is 4.48. The highest BCUT2D eigenvalue weighted by Gasteiger charge is 2.28. The Labute approximate surface area is 114 Å². The highest BCUT2D eigenvalue weighted by molar-refractivity contribution is 6.02. The molecule has 0 bridgehead atoms. The molecule has 0 unspecified atom stereocenters. The van der Waals surface area contributed by atoms with Crippen LogP contribution in [0.5, 0.6) is 0 Å². The molecule has 0 aromatic heterocycles. The molecule has 1 aliphatic heterocycles. The van der Waals surface area contributed by atoms with Gasteiger partial charge in [-0.3, -0.25) is 19.3 Å². The zero-order valence-corrected chi connectivity index (χ0v) is 10.7. The maximum Gasteiger partial charge on any atom is 0.229 e. The predicted molar refractivity (Wildman–Crippen MR) is 70.0 cm³/mol. The molecule has 0 saturated carbocycles. The number of halogens is 1. The van der Waals surface area contributed by atoms with Crippen LogP contribution in [0.25, 0.3) is 0 Å². The number of hydrogen-bond donors (Lipinski definition) is 2. The molecule has 2 rings (SSSR count). The first-order chi connectivity index (χ1) is 9.47. The molecule has 20 heavy (non-hydrogen) atoms. The third-order valence-electron chi connectivity index (χ3n) is 2.98. The second kappa shape index (κ2) is 5.68. The van der Waals surface area contributed by atoms with Crippen molar-refractivity contribution in [2.45, 2.75) is 19.3 Å². The third-order valence-corrected chi connectivity index (χ3v) is 2.98. The van der Waals surface area contributed by atoms with E-state index in [4.69, 9.17) is 5.73 Å². The summed E-state index contributed by atoms with van der Waals surface area (Å²) in [6.07, 6.45) is 0.292. The van der Waals surface area contributed by atoms with Crippen LogP contribution in [0, 0.1) is 5.82 Å². The van der Waals surface area contributed by atoms with Crippen LogP contribution < -0.4 is 11.1 Å². The van der Waals surface area contributed by atoms with Gasteiger partial charge in [-0.1, -0.05) is 0 Å². The summed E-state index contributed by atoms with van der Waals surface area (Å²) in [5.74, 6) is -1.64. The quantitative estimate of drug-likeness (QED) is 0.632. The Bertz CT molecular complexity index is 558. The van der Waals surface area contributed by atoms with Crippen LogP contribution in [0.4, 0.5) is 15.8 Å². The molecule has 1 aromatic rings. The lowest BCUT2D eigenvalue weighted by Crippen LogP contribution is -2.32. The van der Waals surface area contributed by atoms with Crippen molar-refractivity contribution in [1.82, 2.24) is 4.90 Å². The molecular formula is C13H14FN3O3. The van der Waals surface area contributed by atoms with Gasteiger partial charge in [0.25, 0.3) is 0 Å². The number of anilines is 2. The minimum absolute atomic E-state index is 0.00738. The molecule has 6 nitrogen and oxygen atoms in total. The van der Waals surface area contributed by atoms with Crippen LogP contribution in [0.2, 0.25) is 0 Å². The smallest absolute Gasteiger partial charge is 0.229 e. The van der Waals surface area contributed by atoms with E-state index in [2.05, 4.69) is 5.32 Å². The minimum atomic E-state index is -0.596. The second-order valence-corrected chi connectivity index (χ2v) is 4.48. The van der Waals surface area contributed by atoms with E-state index in [1.165, 1.54) is 12.1 Å². The van der Waals surface area contributed by atoms with Gasteiger partial charge in [0.05, 0.1) is 5.69 Å². The number of carbonyl (C=O) groups excluding carboxylic acids is 3. The van der Waals surface area contributed by atoms with E-state index in [1.54, 1.807) is 0 Å². The van der Waals surface area contributed by atoms with Gasteiger partial charge < -0.3 is 11.1 Å². The van der Waals surface area contributed by atoms with Gasteiger partial charge in [-0.25, -0.2) is 4.39 Å². The van der Waals surface area contributed by atoms with Gasteiger partial charge in [-0.15, -0.1) is 0 Å². The largest absolute Gasteiger partial charge is 0.399 e. The van der Waals surface area contributed by atoms with Crippen molar-refractivity contribution in [3.05, 3.63) is 24.0 Å². The van der Waals surface area contributed by atoms with Crippen molar-refractivity contribution in [2.75, 3.05) is 17.6 Å². The summed E-state index contributed by atoms with van der Waals surface area (Å²) in [6, 6.07) is 3.84. The predicted octanol–water partition coefficient (Wildman–Crippen LogP) is 0.885. The number of amides is 3. The topological polar surface area (TPSA) is 92.5 Å². The number of nitrogens with zero attached hydrogens (tertiary/aromatic N) is 1. The van der Waals surface area contributed by atoms with E-state index in [1.807, 2.05) is 0 Å². The maximum atomic E-state index is 13.4. The minimum Gasteiger partial charge on any atom is -0.399 e. The van der Waals surface area contributed by atoms with E-state index >= 15 is 0 Å². The summed E-state index contributed by atoms with van der Waals surface area (Å²) < 4.78 is 13.4. The highest BCUT2D eigenvalue weighted by atomic mass is 19.1. The molecule has 3 N–H and O–H groups in total. The molecule has 1 aliphatic rings. The summed E-state index contributed by atoms with van der Waals surface area (Å²) in [5.41, 5.74) is 5.80. The van der Waals surface area contributed by atoms with Crippen LogP contribution in [-0.2, 0) is 14.4 Å². The Morgan fingerprint density at radius 2 is 1.95 bits per heavy atom. The molecule has 1 fully saturated rings. The number of imide groups is 1. The van der Waals surface area contributed by atoms with Gasteiger partial charge in [-0.05, 0) is 18.2 Å². The molecule has 0 spiro atoms. The monoisotopic (exact) mass is 279 g/mol. The fourth-order valence-corrected chi connectivity index (χ4v) is 1.94. The van der Waals surface area contributed by atoms with Crippen molar-refractivity contribution in [3.63, 3.8) is 0 Å². The number of hydrogen-bond acceptors (Lipinski definition) is 4. The fraction of sp³-hybridized carbons (Fsp3) is 0.308. The van der Waals surface area contributed by atoms with E-state index < -0.39 is 11.7 Å². The van der Waals surface area contributed by atoms with Crippen LogP contribution in [0.1, 0.15) is 19.3 Å². The maximum absolute atomic E-state index is 13.4. The summed E-state index contributed by atoms with van der Waals surface area (Å²) in [4.78, 5) is 35.4. The number of carbonyl (C=O) groups is 3. The number of nitrogens with one attached hydrogen (secondary N) is 1. The molecule has 0 radical (unpaired) electrons. The average molecular weight is 279 g/mol. The van der Waals surface area contributed by atoms with E-state index in [0.717, 1.165) is 11.0 Å². The average Bonchev–Trinajstić information content (AvgIpc) is 2.71. The number of nitrogens with two attached hydrogens (primary N) is 1. The van der Waals surface area contributed by atoms with Crippen LogP contribution >= 0.6 is 0 Å². The lowest BCUT2D eigenvalue weighted by Gasteiger charge is -2.13. The van der Waals surface area contributed by atoms with Crippen molar-refractivity contribution in [3.8, 4) is 0 Å². The lowest BCUT2D eigenvalue weighted by molar-refractivity contribution is -0.138. The number of likely N-dealkylation sites (tertiary alicyclic amines) is 1. The van der Waals surface area contributed by atoms with Crippen LogP contribution in [0.15, 0.2) is 18.2 Å². The molecule has 0 atom stereocenters. The summed E-state index contributed by atoms with van der Waals surface area (Å²) >= 11 is 0. The number of nitrogen functional groups attached to an aromatic ring is 1. The SMILES string of the molecule is Nc1ccc(F)c(NC(=O)CCN2C(=O)CCC2=O)c1. The molecule has 0 aliphatic carbocycles. The van der Waals surface area contributed by atoms with Crippen molar-refractivity contribution in [1.29, 1.82) is 0 Å². The Hall–Kier alpha value is -2.44. The molecule has 1 aromatic carbocycles. The molecule has 3 amide bonds. The molecule has 7 heteroatoms. The fourth-order valence-electron chi connectivity index (χ4n) is 1.94. The summed E-state index contributed by atoms with van der Waals surface area (Å²) in [7, 11) is 0. The van der Waals surface area contributed by atoms with E-state index in [0.29, 0.717) is 5.69 Å². The first-order valence-corrected chi connectivity index (χ1v) is 6.15. The first kappa shape index (κ1) is 14.0. The Morgan fingerprint density at radius 1 is 1.30 bits per heavy atom. The van der Waals surface area contributed by atoms with Crippen molar-refractivity contribution in [2.24, 2.45) is 0 Å². The normalized spacial score (nSPS) is 14.8. The lowest BCUT2D eigenvalue weighted by atomic mass is 10.2. The molecule has 1 heterocycles. The molecule has 106 valence electrons. The van der Waals surface area contributed by atoms with Gasteiger partial charge in [0, 0.05) is 31.5 Å². The van der Waals surface area contributed by atoms with Gasteiger partial charge in [-0.2, -0.15) is 0 Å². The summed E-state index contributed by atoms with van der Waals surface area (Å²) in [5, 5.41) is 2.36. The Kier molecular flexibility index (Phi) is 3.97. The van der Waals surface area contributed by atoms with E-state index in [9.17, 15) is 18.8 Å². The van der Waals surface area contributed by atoms with Gasteiger partial charge in [0.1, 0.15) is 5.82 Å². The van der Waals surface area contributed by atoms with Crippen LogP contribution in [0.3, 0.4) is 0 Å². The zero-order chi connectivity index (χ0) is 14.7. The third kappa shape index (κ3) is 3.11.